The van der Waals surface area contributed by atoms with E-state index in [4.69, 9.17) is 0 Å². The smallest absolute Gasteiger partial charge is 0.114 e. The minimum atomic E-state index is 0.378. The van der Waals surface area contributed by atoms with E-state index in [9.17, 15) is 0 Å². The molecule has 2 saturated carbocycles. The highest BCUT2D eigenvalue weighted by Crippen LogP contribution is 2.20. The zero-order valence-corrected chi connectivity index (χ0v) is 14.4. The Morgan fingerprint density at radius 2 is 1.33 bits per heavy atom. The maximum absolute atomic E-state index is 3.93. The minimum absolute atomic E-state index is 0.378. The van der Waals surface area contributed by atoms with E-state index < -0.39 is 0 Å². The van der Waals surface area contributed by atoms with Crippen molar-refractivity contribution in [1.29, 1.82) is 0 Å². The van der Waals surface area contributed by atoms with E-state index in [2.05, 4.69) is 29.5 Å². The lowest BCUT2D eigenvalue weighted by Crippen LogP contribution is -2.59. The molecule has 2 aliphatic rings. The number of hydrogen-bond acceptors (Lipinski definition) is 3. The molecular formula is C18H37N3. The molecule has 0 aliphatic heterocycles. The van der Waals surface area contributed by atoms with E-state index in [1.165, 1.54) is 83.6 Å². The van der Waals surface area contributed by atoms with E-state index in [-0.39, 0.29) is 0 Å². The maximum Gasteiger partial charge on any atom is 0.114 e. The first kappa shape index (κ1) is 17.2. The first-order chi connectivity index (χ1) is 10.3. The van der Waals surface area contributed by atoms with Crippen molar-refractivity contribution in [2.24, 2.45) is 0 Å². The zero-order valence-electron chi connectivity index (χ0n) is 14.4. The summed E-state index contributed by atoms with van der Waals surface area (Å²) in [6, 6.07) is 1.45. The molecule has 2 fully saturated rings. The van der Waals surface area contributed by atoms with Gasteiger partial charge in [-0.25, -0.2) is 0 Å². The van der Waals surface area contributed by atoms with Gasteiger partial charge in [0.15, 0.2) is 0 Å². The van der Waals surface area contributed by atoms with E-state index in [0.717, 1.165) is 12.1 Å². The van der Waals surface area contributed by atoms with Crippen molar-refractivity contribution in [3.63, 3.8) is 0 Å². The third-order valence-corrected chi connectivity index (χ3v) is 5.30. The molecule has 2 rings (SSSR count). The summed E-state index contributed by atoms with van der Waals surface area (Å²) in [7, 11) is 2.28. The minimum Gasteiger partial charge on any atom is -0.287 e. The summed E-state index contributed by atoms with van der Waals surface area (Å²) in [6.45, 7) is 3.48. The predicted octanol–water partition coefficient (Wildman–Crippen LogP) is 3.85. The van der Waals surface area contributed by atoms with Crippen LogP contribution in [0.25, 0.3) is 0 Å². The van der Waals surface area contributed by atoms with E-state index >= 15 is 0 Å². The SMILES string of the molecule is CCCCN(C)C(NC1CCCCC1)NC1CCCCC1. The largest absolute Gasteiger partial charge is 0.287 e. The highest BCUT2D eigenvalue weighted by molar-refractivity contribution is 4.80. The Kier molecular flexibility index (Phi) is 8.05. The monoisotopic (exact) mass is 295 g/mol. The molecule has 0 spiro atoms. The van der Waals surface area contributed by atoms with Gasteiger partial charge in [0.25, 0.3) is 0 Å². The summed E-state index contributed by atoms with van der Waals surface area (Å²) in [5.74, 6) is 0. The zero-order chi connectivity index (χ0) is 14.9. The van der Waals surface area contributed by atoms with Crippen molar-refractivity contribution >= 4 is 0 Å². The van der Waals surface area contributed by atoms with Crippen LogP contribution in [-0.4, -0.2) is 36.9 Å². The van der Waals surface area contributed by atoms with Gasteiger partial charge in [0, 0.05) is 18.6 Å². The summed E-state index contributed by atoms with van der Waals surface area (Å²) in [5.41, 5.74) is 0. The molecule has 0 amide bonds. The van der Waals surface area contributed by atoms with E-state index in [1.54, 1.807) is 0 Å². The van der Waals surface area contributed by atoms with Crippen LogP contribution in [0, 0.1) is 0 Å². The molecule has 124 valence electrons. The third kappa shape index (κ3) is 6.25. The highest BCUT2D eigenvalue weighted by atomic mass is 15.4. The van der Waals surface area contributed by atoms with Crippen LogP contribution in [0.4, 0.5) is 0 Å². The van der Waals surface area contributed by atoms with Gasteiger partial charge < -0.3 is 0 Å². The molecular weight excluding hydrogens is 258 g/mol. The van der Waals surface area contributed by atoms with Crippen LogP contribution >= 0.6 is 0 Å². The number of nitrogens with one attached hydrogen (secondary N) is 2. The van der Waals surface area contributed by atoms with Crippen molar-refractivity contribution in [2.75, 3.05) is 13.6 Å². The topological polar surface area (TPSA) is 27.3 Å². The molecule has 0 radical (unpaired) electrons. The van der Waals surface area contributed by atoms with Gasteiger partial charge >= 0.3 is 0 Å². The fourth-order valence-corrected chi connectivity index (χ4v) is 3.82. The standard InChI is InChI=1S/C18H37N3/c1-3-4-15-21(2)18(19-16-11-7-5-8-12-16)20-17-13-9-6-10-14-17/h16-20H,3-15H2,1-2H3. The van der Waals surface area contributed by atoms with Crippen molar-refractivity contribution in [2.45, 2.75) is 102 Å². The summed E-state index contributed by atoms with van der Waals surface area (Å²) < 4.78 is 0. The van der Waals surface area contributed by atoms with Crippen LogP contribution in [0.5, 0.6) is 0 Å². The van der Waals surface area contributed by atoms with Crippen molar-refractivity contribution in [1.82, 2.24) is 15.5 Å². The van der Waals surface area contributed by atoms with Gasteiger partial charge in [0.2, 0.25) is 0 Å². The quantitative estimate of drug-likeness (QED) is 0.666. The molecule has 0 atom stereocenters. The second-order valence-corrected chi connectivity index (χ2v) is 7.24. The molecule has 0 aromatic heterocycles. The summed E-state index contributed by atoms with van der Waals surface area (Å²) in [5, 5.41) is 7.85. The molecule has 0 bridgehead atoms. The summed E-state index contributed by atoms with van der Waals surface area (Å²) in [4.78, 5) is 2.51. The molecule has 0 saturated heterocycles. The second kappa shape index (κ2) is 9.81. The van der Waals surface area contributed by atoms with Crippen molar-refractivity contribution < 1.29 is 0 Å². The maximum atomic E-state index is 3.93. The first-order valence-electron chi connectivity index (χ1n) is 9.52. The highest BCUT2D eigenvalue weighted by Gasteiger charge is 2.24. The second-order valence-electron chi connectivity index (χ2n) is 7.24. The molecule has 0 aromatic carbocycles. The van der Waals surface area contributed by atoms with Gasteiger partial charge in [-0.3, -0.25) is 15.5 Å². The Labute approximate surface area is 132 Å². The van der Waals surface area contributed by atoms with Crippen LogP contribution in [-0.2, 0) is 0 Å². The number of unbranched alkanes of at least 4 members (excludes halogenated alkanes) is 1. The Balaban J connectivity index is 1.84. The number of nitrogens with zero attached hydrogens (tertiary/aromatic N) is 1. The molecule has 0 heterocycles. The Morgan fingerprint density at radius 3 is 1.76 bits per heavy atom. The molecule has 0 unspecified atom stereocenters. The van der Waals surface area contributed by atoms with Gasteiger partial charge in [-0.05, 0) is 39.2 Å². The average Bonchev–Trinajstić information content (AvgIpc) is 2.54. The van der Waals surface area contributed by atoms with E-state index in [1.807, 2.05) is 0 Å². The molecule has 21 heavy (non-hydrogen) atoms. The van der Waals surface area contributed by atoms with Crippen molar-refractivity contribution in [3.8, 4) is 0 Å². The lowest BCUT2D eigenvalue weighted by molar-refractivity contribution is 0.119. The van der Waals surface area contributed by atoms with Crippen LogP contribution in [0.15, 0.2) is 0 Å². The normalized spacial score (nSPS) is 22.3. The van der Waals surface area contributed by atoms with Crippen LogP contribution in [0.3, 0.4) is 0 Å². The van der Waals surface area contributed by atoms with Gasteiger partial charge in [0.05, 0.1) is 0 Å². The Bertz CT molecular complexity index is 237. The first-order valence-corrected chi connectivity index (χ1v) is 9.52. The molecule has 2 aliphatic carbocycles. The lowest BCUT2D eigenvalue weighted by Gasteiger charge is -2.38. The molecule has 3 heteroatoms. The van der Waals surface area contributed by atoms with Crippen molar-refractivity contribution in [3.05, 3.63) is 0 Å². The van der Waals surface area contributed by atoms with Crippen LogP contribution in [0.1, 0.15) is 84.0 Å². The molecule has 0 aromatic rings. The molecule has 3 nitrogen and oxygen atoms in total. The lowest BCUT2D eigenvalue weighted by atomic mass is 9.94. The van der Waals surface area contributed by atoms with Gasteiger partial charge in [-0.1, -0.05) is 51.9 Å². The third-order valence-electron chi connectivity index (χ3n) is 5.30. The average molecular weight is 296 g/mol. The van der Waals surface area contributed by atoms with E-state index in [0.29, 0.717) is 6.29 Å². The summed E-state index contributed by atoms with van der Waals surface area (Å²) >= 11 is 0. The number of rotatable bonds is 8. The Morgan fingerprint density at radius 1 is 0.857 bits per heavy atom. The summed E-state index contributed by atoms with van der Waals surface area (Å²) in [6.07, 6.45) is 16.9. The van der Waals surface area contributed by atoms with Crippen LogP contribution < -0.4 is 10.6 Å². The number of hydrogen-bond donors (Lipinski definition) is 2. The van der Waals surface area contributed by atoms with Gasteiger partial charge in [-0.15, -0.1) is 0 Å². The fourth-order valence-electron chi connectivity index (χ4n) is 3.82. The Hall–Kier alpha value is -0.120. The fraction of sp³-hybridized carbons (Fsp3) is 1.00. The predicted molar refractivity (Wildman–Crippen MR) is 91.3 cm³/mol. The van der Waals surface area contributed by atoms with Crippen LogP contribution in [0.2, 0.25) is 0 Å². The molecule has 2 N–H and O–H groups in total. The van der Waals surface area contributed by atoms with Gasteiger partial charge in [0.1, 0.15) is 6.29 Å². The van der Waals surface area contributed by atoms with Gasteiger partial charge in [-0.2, -0.15) is 0 Å².